The maximum absolute atomic E-state index is 13.6. The van der Waals surface area contributed by atoms with Crippen molar-refractivity contribution in [1.82, 2.24) is 9.55 Å². The van der Waals surface area contributed by atoms with E-state index in [1.807, 2.05) is 0 Å². The summed E-state index contributed by atoms with van der Waals surface area (Å²) in [6.07, 6.45) is 1.83. The second-order valence-electron chi connectivity index (χ2n) is 3.59. The molecule has 0 aliphatic rings. The molecular formula is C11H8F4N2S. The third-order valence-corrected chi connectivity index (χ3v) is 2.83. The Morgan fingerprint density at radius 3 is 2.22 bits per heavy atom. The average Bonchev–Trinajstić information content (AvgIpc) is 2.69. The minimum Gasteiger partial charge on any atom is -0.337 e. The van der Waals surface area contributed by atoms with Crippen LogP contribution in [0.4, 0.5) is 17.6 Å². The fraction of sp³-hybridized carbons (Fsp3) is 0.182. The zero-order chi connectivity index (χ0) is 13.4. The van der Waals surface area contributed by atoms with Crippen LogP contribution in [-0.4, -0.2) is 9.55 Å². The number of nitrogens with zero attached hydrogens (tertiary/aromatic N) is 1. The molecule has 0 bridgehead atoms. The van der Waals surface area contributed by atoms with Gasteiger partial charge in [0, 0.05) is 18.0 Å². The molecule has 1 aromatic heterocycles. The van der Waals surface area contributed by atoms with Gasteiger partial charge in [-0.3, -0.25) is 4.57 Å². The molecule has 2 rings (SSSR count). The lowest BCUT2D eigenvalue weighted by Crippen LogP contribution is -2.09. The SMILES string of the molecule is CCc1c[nH]c(=S)n1-c1c(F)c(F)cc(F)c1F. The van der Waals surface area contributed by atoms with E-state index in [2.05, 4.69) is 4.98 Å². The van der Waals surface area contributed by atoms with E-state index in [4.69, 9.17) is 12.2 Å². The highest BCUT2D eigenvalue weighted by Gasteiger charge is 2.22. The van der Waals surface area contributed by atoms with Gasteiger partial charge in [0.05, 0.1) is 0 Å². The van der Waals surface area contributed by atoms with Gasteiger partial charge in [0.15, 0.2) is 28.0 Å². The Balaban J connectivity index is 2.86. The summed E-state index contributed by atoms with van der Waals surface area (Å²) in [6, 6.07) is 0.163. The van der Waals surface area contributed by atoms with Crippen molar-refractivity contribution in [3.63, 3.8) is 0 Å². The van der Waals surface area contributed by atoms with Crippen molar-refractivity contribution in [3.05, 3.63) is 46.0 Å². The topological polar surface area (TPSA) is 20.7 Å². The predicted octanol–water partition coefficient (Wildman–Crippen LogP) is 3.65. The molecule has 0 saturated carbocycles. The first-order valence-electron chi connectivity index (χ1n) is 5.10. The largest absolute Gasteiger partial charge is 0.337 e. The Morgan fingerprint density at radius 2 is 1.72 bits per heavy atom. The third kappa shape index (κ3) is 1.84. The Morgan fingerprint density at radius 1 is 1.17 bits per heavy atom. The Kier molecular flexibility index (Phi) is 3.25. The van der Waals surface area contributed by atoms with Crippen LogP contribution in [0, 0.1) is 28.0 Å². The molecule has 0 amide bonds. The van der Waals surface area contributed by atoms with Gasteiger partial charge in [0.25, 0.3) is 0 Å². The minimum absolute atomic E-state index is 0.0327. The molecular weight excluding hydrogens is 268 g/mol. The molecule has 18 heavy (non-hydrogen) atoms. The molecule has 1 aromatic carbocycles. The van der Waals surface area contributed by atoms with Gasteiger partial charge >= 0.3 is 0 Å². The molecule has 0 atom stereocenters. The van der Waals surface area contributed by atoms with Crippen molar-refractivity contribution >= 4 is 12.2 Å². The van der Waals surface area contributed by atoms with Gasteiger partial charge in [0.2, 0.25) is 0 Å². The third-order valence-electron chi connectivity index (χ3n) is 2.53. The Bertz CT molecular complexity index is 634. The first-order valence-corrected chi connectivity index (χ1v) is 5.50. The fourth-order valence-electron chi connectivity index (χ4n) is 1.67. The highest BCUT2D eigenvalue weighted by atomic mass is 32.1. The van der Waals surface area contributed by atoms with Crippen LogP contribution in [-0.2, 0) is 6.42 Å². The number of rotatable bonds is 2. The Hall–Kier alpha value is -1.63. The molecule has 96 valence electrons. The number of imidazole rings is 1. The van der Waals surface area contributed by atoms with Crippen LogP contribution in [0.15, 0.2) is 12.3 Å². The van der Waals surface area contributed by atoms with Crippen LogP contribution in [0.5, 0.6) is 0 Å². The summed E-state index contributed by atoms with van der Waals surface area (Å²) < 4.78 is 54.5. The van der Waals surface area contributed by atoms with E-state index in [0.717, 1.165) is 4.57 Å². The number of H-pyrrole nitrogens is 1. The van der Waals surface area contributed by atoms with E-state index in [9.17, 15) is 17.6 Å². The van der Waals surface area contributed by atoms with E-state index in [0.29, 0.717) is 12.1 Å². The average molecular weight is 276 g/mol. The molecule has 0 unspecified atom stereocenters. The number of halogens is 4. The summed E-state index contributed by atoms with van der Waals surface area (Å²) >= 11 is 4.86. The van der Waals surface area contributed by atoms with Crippen molar-refractivity contribution in [3.8, 4) is 5.69 Å². The summed E-state index contributed by atoms with van der Waals surface area (Å²) in [5.74, 6) is -5.87. The van der Waals surface area contributed by atoms with E-state index in [1.165, 1.54) is 6.20 Å². The molecule has 1 N–H and O–H groups in total. The second-order valence-corrected chi connectivity index (χ2v) is 3.98. The number of aromatic amines is 1. The lowest BCUT2D eigenvalue weighted by molar-refractivity contribution is 0.446. The molecule has 0 radical (unpaired) electrons. The summed E-state index contributed by atoms with van der Waals surface area (Å²) in [5, 5.41) is 0. The van der Waals surface area contributed by atoms with E-state index >= 15 is 0 Å². The van der Waals surface area contributed by atoms with Gasteiger partial charge in [0.1, 0.15) is 5.69 Å². The number of aromatic nitrogens is 2. The van der Waals surface area contributed by atoms with Crippen molar-refractivity contribution in [2.45, 2.75) is 13.3 Å². The van der Waals surface area contributed by atoms with Crippen LogP contribution >= 0.6 is 12.2 Å². The van der Waals surface area contributed by atoms with E-state index in [-0.39, 0.29) is 10.8 Å². The maximum atomic E-state index is 13.6. The number of hydrogen-bond acceptors (Lipinski definition) is 1. The summed E-state index contributed by atoms with van der Waals surface area (Å²) in [6.45, 7) is 1.72. The molecule has 0 saturated heterocycles. The molecule has 2 nitrogen and oxygen atoms in total. The van der Waals surface area contributed by atoms with Crippen LogP contribution < -0.4 is 0 Å². The molecule has 2 aromatic rings. The number of hydrogen-bond donors (Lipinski definition) is 1. The smallest absolute Gasteiger partial charge is 0.186 e. The maximum Gasteiger partial charge on any atom is 0.186 e. The van der Waals surface area contributed by atoms with Crippen molar-refractivity contribution in [2.24, 2.45) is 0 Å². The van der Waals surface area contributed by atoms with Crippen LogP contribution in [0.25, 0.3) is 5.69 Å². The standard InChI is InChI=1S/C11H8F4N2S/c1-2-5-4-16-11(18)17(5)10-8(14)6(12)3-7(13)9(10)15/h3-4H,2H2,1H3,(H,16,18). The number of benzene rings is 1. The van der Waals surface area contributed by atoms with Crippen molar-refractivity contribution in [1.29, 1.82) is 0 Å². The number of nitrogens with one attached hydrogen (secondary N) is 1. The lowest BCUT2D eigenvalue weighted by atomic mass is 10.2. The highest BCUT2D eigenvalue weighted by Crippen LogP contribution is 2.25. The van der Waals surface area contributed by atoms with Gasteiger partial charge in [-0.15, -0.1) is 0 Å². The van der Waals surface area contributed by atoms with Crippen molar-refractivity contribution < 1.29 is 17.6 Å². The molecule has 7 heteroatoms. The van der Waals surface area contributed by atoms with Crippen molar-refractivity contribution in [2.75, 3.05) is 0 Å². The van der Waals surface area contributed by atoms with E-state index < -0.39 is 29.0 Å². The highest BCUT2D eigenvalue weighted by molar-refractivity contribution is 7.71. The zero-order valence-corrected chi connectivity index (χ0v) is 10.0. The predicted molar refractivity (Wildman–Crippen MR) is 60.2 cm³/mol. The van der Waals surface area contributed by atoms with Gasteiger partial charge in [-0.1, -0.05) is 6.92 Å². The Labute approximate surface area is 105 Å². The molecule has 0 fully saturated rings. The fourth-order valence-corrected chi connectivity index (χ4v) is 1.93. The van der Waals surface area contributed by atoms with Gasteiger partial charge in [-0.05, 0) is 18.6 Å². The summed E-state index contributed by atoms with van der Waals surface area (Å²) in [5.41, 5.74) is -0.418. The summed E-state index contributed by atoms with van der Waals surface area (Å²) in [4.78, 5) is 2.58. The quantitative estimate of drug-likeness (QED) is 0.504. The van der Waals surface area contributed by atoms with Gasteiger partial charge in [-0.25, -0.2) is 17.6 Å². The lowest BCUT2D eigenvalue weighted by Gasteiger charge is -2.10. The van der Waals surface area contributed by atoms with E-state index in [1.54, 1.807) is 6.92 Å². The van der Waals surface area contributed by atoms with Crippen LogP contribution in [0.1, 0.15) is 12.6 Å². The minimum atomic E-state index is -1.47. The monoisotopic (exact) mass is 276 g/mol. The first kappa shape index (κ1) is 12.8. The molecule has 0 aliphatic heterocycles. The molecule has 1 heterocycles. The van der Waals surface area contributed by atoms with Crippen LogP contribution in [0.3, 0.4) is 0 Å². The molecule has 0 spiro atoms. The van der Waals surface area contributed by atoms with Gasteiger partial charge < -0.3 is 4.98 Å². The zero-order valence-electron chi connectivity index (χ0n) is 9.23. The van der Waals surface area contributed by atoms with Gasteiger partial charge in [-0.2, -0.15) is 0 Å². The first-order chi connectivity index (χ1) is 8.47. The van der Waals surface area contributed by atoms with Crippen LogP contribution in [0.2, 0.25) is 0 Å². The molecule has 0 aliphatic carbocycles. The second kappa shape index (κ2) is 4.56. The summed E-state index contributed by atoms with van der Waals surface area (Å²) in [7, 11) is 0. The normalized spacial score (nSPS) is 10.9. The number of aryl methyl sites for hydroxylation is 1.